The van der Waals surface area contributed by atoms with Gasteiger partial charge in [0.05, 0.1) is 10.7 Å². The molecule has 2 N–H and O–H groups in total. The summed E-state index contributed by atoms with van der Waals surface area (Å²) in [5.74, 6) is 0. The van der Waals surface area contributed by atoms with Crippen LogP contribution in [0.4, 0.5) is 0 Å². The second kappa shape index (κ2) is 3.32. The molecule has 11 heavy (non-hydrogen) atoms. The normalized spacial score (nSPS) is 13.5. The molecular formula is C8H14N2S. The number of aromatic nitrogens is 1. The van der Waals surface area contributed by atoms with Crippen LogP contribution in [-0.4, -0.2) is 4.98 Å². The van der Waals surface area contributed by atoms with Crippen molar-refractivity contribution < 1.29 is 0 Å². The third kappa shape index (κ3) is 1.79. The summed E-state index contributed by atoms with van der Waals surface area (Å²) in [5, 5.41) is 1.12. The van der Waals surface area contributed by atoms with Gasteiger partial charge < -0.3 is 5.73 Å². The van der Waals surface area contributed by atoms with Gasteiger partial charge in [-0.15, -0.1) is 11.3 Å². The summed E-state index contributed by atoms with van der Waals surface area (Å²) in [6.07, 6.45) is 1.04. The molecule has 3 heteroatoms. The number of nitrogens with zero attached hydrogens (tertiary/aromatic N) is 1. The van der Waals surface area contributed by atoms with Gasteiger partial charge >= 0.3 is 0 Å². The highest BCUT2D eigenvalue weighted by Gasteiger charge is 2.10. The van der Waals surface area contributed by atoms with Crippen LogP contribution in [0.5, 0.6) is 0 Å². The first kappa shape index (κ1) is 8.68. The third-order valence-corrected chi connectivity index (χ3v) is 2.72. The van der Waals surface area contributed by atoms with E-state index in [-0.39, 0.29) is 6.04 Å². The van der Waals surface area contributed by atoms with E-state index in [9.17, 15) is 0 Å². The summed E-state index contributed by atoms with van der Waals surface area (Å²) >= 11 is 1.75. The van der Waals surface area contributed by atoms with E-state index < -0.39 is 0 Å². The molecule has 0 spiro atoms. The molecule has 1 aromatic heterocycles. The molecule has 1 unspecified atom stereocenters. The second-order valence-corrected chi connectivity index (χ2v) is 3.97. The second-order valence-electron chi connectivity index (χ2n) is 2.68. The van der Waals surface area contributed by atoms with Crippen molar-refractivity contribution in [3.8, 4) is 0 Å². The van der Waals surface area contributed by atoms with Crippen LogP contribution < -0.4 is 5.73 Å². The minimum Gasteiger partial charge on any atom is -0.323 e. The molecule has 0 radical (unpaired) electrons. The number of hydrogen-bond donors (Lipinski definition) is 1. The quantitative estimate of drug-likeness (QED) is 0.737. The molecular weight excluding hydrogens is 156 g/mol. The van der Waals surface area contributed by atoms with Crippen LogP contribution in [0.25, 0.3) is 0 Å². The number of rotatable bonds is 2. The molecule has 0 aliphatic heterocycles. The van der Waals surface area contributed by atoms with Gasteiger partial charge in [0, 0.05) is 10.9 Å². The lowest BCUT2D eigenvalue weighted by Gasteiger charge is -2.01. The van der Waals surface area contributed by atoms with E-state index in [2.05, 4.69) is 11.9 Å². The maximum atomic E-state index is 5.75. The highest BCUT2D eigenvalue weighted by atomic mass is 32.1. The Morgan fingerprint density at radius 2 is 2.27 bits per heavy atom. The van der Waals surface area contributed by atoms with Gasteiger partial charge in [0.1, 0.15) is 0 Å². The predicted octanol–water partition coefficient (Wildman–Crippen LogP) is 2.03. The predicted molar refractivity (Wildman–Crippen MR) is 48.8 cm³/mol. The fourth-order valence-electron chi connectivity index (χ4n) is 1.09. The van der Waals surface area contributed by atoms with Crippen molar-refractivity contribution in [1.29, 1.82) is 0 Å². The highest BCUT2D eigenvalue weighted by molar-refractivity contribution is 7.11. The third-order valence-electron chi connectivity index (χ3n) is 1.59. The molecule has 1 rings (SSSR count). The van der Waals surface area contributed by atoms with Crippen molar-refractivity contribution >= 4 is 11.3 Å². The van der Waals surface area contributed by atoms with E-state index in [4.69, 9.17) is 5.73 Å². The van der Waals surface area contributed by atoms with Crippen LogP contribution in [-0.2, 0) is 6.42 Å². The maximum Gasteiger partial charge on any atom is 0.0900 e. The Morgan fingerprint density at radius 3 is 2.64 bits per heavy atom. The molecule has 0 saturated heterocycles. The van der Waals surface area contributed by atoms with Crippen molar-refractivity contribution in [3.05, 3.63) is 15.6 Å². The first-order valence-corrected chi connectivity index (χ1v) is 4.68. The Kier molecular flexibility index (Phi) is 2.62. The first-order chi connectivity index (χ1) is 5.15. The summed E-state index contributed by atoms with van der Waals surface area (Å²) in [5.41, 5.74) is 6.83. The summed E-state index contributed by atoms with van der Waals surface area (Å²) in [4.78, 5) is 5.71. The van der Waals surface area contributed by atoms with Crippen molar-refractivity contribution in [1.82, 2.24) is 4.98 Å². The smallest absolute Gasteiger partial charge is 0.0900 e. The van der Waals surface area contributed by atoms with Gasteiger partial charge in [0.2, 0.25) is 0 Å². The zero-order chi connectivity index (χ0) is 8.43. The van der Waals surface area contributed by atoms with Gasteiger partial charge in [-0.25, -0.2) is 4.98 Å². The maximum absolute atomic E-state index is 5.75. The van der Waals surface area contributed by atoms with E-state index in [1.165, 1.54) is 4.88 Å². The average Bonchev–Trinajstić information content (AvgIpc) is 2.30. The minimum atomic E-state index is 0.0786. The Bertz CT molecular complexity index is 240. The lowest BCUT2D eigenvalue weighted by Crippen LogP contribution is -2.07. The van der Waals surface area contributed by atoms with Gasteiger partial charge in [-0.3, -0.25) is 0 Å². The molecule has 0 aromatic carbocycles. The van der Waals surface area contributed by atoms with Crippen molar-refractivity contribution in [3.63, 3.8) is 0 Å². The minimum absolute atomic E-state index is 0.0786. The van der Waals surface area contributed by atoms with E-state index in [1.54, 1.807) is 11.3 Å². The molecule has 0 fully saturated rings. The average molecular weight is 170 g/mol. The van der Waals surface area contributed by atoms with Crippen LogP contribution in [0.15, 0.2) is 0 Å². The van der Waals surface area contributed by atoms with Crippen molar-refractivity contribution in [2.75, 3.05) is 0 Å². The SMILES string of the molecule is CCc1sc(C)nc1C(C)N. The lowest BCUT2D eigenvalue weighted by atomic mass is 10.2. The number of nitrogens with two attached hydrogens (primary N) is 1. The van der Waals surface area contributed by atoms with E-state index in [0.717, 1.165) is 17.1 Å². The molecule has 0 aliphatic rings. The fourth-order valence-corrected chi connectivity index (χ4v) is 2.08. The molecule has 0 saturated carbocycles. The van der Waals surface area contributed by atoms with Crippen LogP contribution in [0.1, 0.15) is 35.5 Å². The fraction of sp³-hybridized carbons (Fsp3) is 0.625. The molecule has 0 bridgehead atoms. The van der Waals surface area contributed by atoms with Crippen LogP contribution >= 0.6 is 11.3 Å². The molecule has 0 aliphatic carbocycles. The molecule has 1 heterocycles. The first-order valence-electron chi connectivity index (χ1n) is 3.87. The van der Waals surface area contributed by atoms with Gasteiger partial charge in [-0.2, -0.15) is 0 Å². The summed E-state index contributed by atoms with van der Waals surface area (Å²) < 4.78 is 0. The zero-order valence-corrected chi connectivity index (χ0v) is 8.03. The Balaban J connectivity index is 3.02. The molecule has 0 amide bonds. The number of aryl methyl sites for hydroxylation is 2. The van der Waals surface area contributed by atoms with Gasteiger partial charge in [-0.05, 0) is 20.3 Å². The summed E-state index contributed by atoms with van der Waals surface area (Å²) in [6.45, 7) is 6.14. The Labute approximate surface area is 71.5 Å². The largest absolute Gasteiger partial charge is 0.323 e. The van der Waals surface area contributed by atoms with Gasteiger partial charge in [-0.1, -0.05) is 6.92 Å². The standard InChI is InChI=1S/C8H14N2S/c1-4-7-8(5(2)9)10-6(3)11-7/h5H,4,9H2,1-3H3. The molecule has 62 valence electrons. The van der Waals surface area contributed by atoms with Crippen LogP contribution in [0, 0.1) is 6.92 Å². The Morgan fingerprint density at radius 1 is 1.64 bits per heavy atom. The van der Waals surface area contributed by atoms with Gasteiger partial charge in [0.15, 0.2) is 0 Å². The zero-order valence-electron chi connectivity index (χ0n) is 7.22. The summed E-state index contributed by atoms with van der Waals surface area (Å²) in [6, 6.07) is 0.0786. The molecule has 1 atom stereocenters. The summed E-state index contributed by atoms with van der Waals surface area (Å²) in [7, 11) is 0. The number of hydrogen-bond acceptors (Lipinski definition) is 3. The highest BCUT2D eigenvalue weighted by Crippen LogP contribution is 2.22. The monoisotopic (exact) mass is 170 g/mol. The Hall–Kier alpha value is -0.410. The van der Waals surface area contributed by atoms with Crippen LogP contribution in [0.2, 0.25) is 0 Å². The van der Waals surface area contributed by atoms with Crippen molar-refractivity contribution in [2.45, 2.75) is 33.2 Å². The van der Waals surface area contributed by atoms with Crippen molar-refractivity contribution in [2.24, 2.45) is 5.73 Å². The lowest BCUT2D eigenvalue weighted by molar-refractivity contribution is 0.773. The van der Waals surface area contributed by atoms with Gasteiger partial charge in [0.25, 0.3) is 0 Å². The topological polar surface area (TPSA) is 38.9 Å². The van der Waals surface area contributed by atoms with Crippen LogP contribution in [0.3, 0.4) is 0 Å². The number of thiazole rings is 1. The van der Waals surface area contributed by atoms with E-state index in [0.29, 0.717) is 0 Å². The molecule has 2 nitrogen and oxygen atoms in total. The van der Waals surface area contributed by atoms with E-state index in [1.807, 2.05) is 13.8 Å². The van der Waals surface area contributed by atoms with E-state index >= 15 is 0 Å². The molecule has 1 aromatic rings.